The summed E-state index contributed by atoms with van der Waals surface area (Å²) < 4.78 is 7.32. The third-order valence-electron chi connectivity index (χ3n) is 5.47. The van der Waals surface area contributed by atoms with Gasteiger partial charge in [-0.1, -0.05) is 54.5 Å². The van der Waals surface area contributed by atoms with Gasteiger partial charge in [0.25, 0.3) is 0 Å². The van der Waals surface area contributed by atoms with E-state index in [4.69, 9.17) is 9.84 Å². The van der Waals surface area contributed by atoms with Crippen LogP contribution in [0.15, 0.2) is 72.1 Å². The van der Waals surface area contributed by atoms with Crippen LogP contribution in [-0.2, 0) is 11.4 Å². The Labute approximate surface area is 192 Å². The van der Waals surface area contributed by atoms with E-state index >= 15 is 0 Å². The number of fused-ring (bicyclic) bond motifs is 1. The quantitative estimate of drug-likeness (QED) is 0.314. The van der Waals surface area contributed by atoms with E-state index in [9.17, 15) is 4.79 Å². The van der Waals surface area contributed by atoms with E-state index in [2.05, 4.69) is 60.5 Å². The molecule has 3 nitrogen and oxygen atoms in total. The molecule has 160 valence electrons. The van der Waals surface area contributed by atoms with Crippen molar-refractivity contribution in [2.75, 3.05) is 0 Å². The molecule has 3 aromatic carbocycles. The number of hydrogen-bond acceptors (Lipinski definition) is 3. The normalized spacial score (nSPS) is 11.6. The van der Waals surface area contributed by atoms with Crippen molar-refractivity contribution in [3.63, 3.8) is 0 Å². The van der Waals surface area contributed by atoms with E-state index < -0.39 is 5.97 Å². The highest BCUT2D eigenvalue weighted by atomic mass is 32.1. The Morgan fingerprint density at radius 2 is 1.84 bits per heavy atom. The van der Waals surface area contributed by atoms with Crippen LogP contribution < -0.4 is 4.74 Å². The Kier molecular flexibility index (Phi) is 6.58. The summed E-state index contributed by atoms with van der Waals surface area (Å²) in [6, 6.07) is 22.5. The Morgan fingerprint density at radius 3 is 2.56 bits per heavy atom. The largest absolute Gasteiger partial charge is 0.489 e. The average molecular weight is 441 g/mol. The fourth-order valence-electron chi connectivity index (χ4n) is 3.80. The molecule has 1 unspecified atom stereocenters. The minimum atomic E-state index is -0.848. The molecule has 4 heteroatoms. The van der Waals surface area contributed by atoms with Crippen LogP contribution in [0.2, 0.25) is 0 Å². The highest BCUT2D eigenvalue weighted by molar-refractivity contribution is 7.17. The Hall–Kier alpha value is -3.55. The molecule has 0 radical (unpaired) electrons. The zero-order valence-electron chi connectivity index (χ0n) is 18.1. The molecule has 1 heterocycles. The molecule has 0 amide bonds. The number of hydrogen-bond donors (Lipinski definition) is 1. The molecular formula is C28H24O3S. The van der Waals surface area contributed by atoms with Gasteiger partial charge in [-0.3, -0.25) is 4.79 Å². The van der Waals surface area contributed by atoms with E-state index in [1.807, 2.05) is 30.3 Å². The van der Waals surface area contributed by atoms with E-state index in [0.717, 1.165) is 16.9 Å². The summed E-state index contributed by atoms with van der Waals surface area (Å²) in [7, 11) is 0. The second-order valence-electron chi connectivity index (χ2n) is 7.70. The lowest BCUT2D eigenvalue weighted by Crippen LogP contribution is -2.05. The van der Waals surface area contributed by atoms with Crippen LogP contribution in [0, 0.1) is 18.8 Å². The number of carboxylic acid groups (broad SMARTS) is 1. The lowest BCUT2D eigenvalue weighted by atomic mass is 9.95. The molecule has 1 N–H and O–H groups in total. The molecule has 1 atom stereocenters. The summed E-state index contributed by atoms with van der Waals surface area (Å²) in [5.74, 6) is 5.49. The average Bonchev–Trinajstić information content (AvgIpc) is 3.21. The first-order chi connectivity index (χ1) is 15.5. The van der Waals surface area contributed by atoms with Crippen LogP contribution in [0.5, 0.6) is 5.75 Å². The number of ether oxygens (including phenoxy) is 1. The molecular weight excluding hydrogens is 416 g/mol. The first kappa shape index (κ1) is 21.7. The number of aliphatic carboxylic acids is 1. The summed E-state index contributed by atoms with van der Waals surface area (Å²) in [6.45, 7) is 4.31. The van der Waals surface area contributed by atoms with Gasteiger partial charge in [-0.05, 0) is 59.7 Å². The molecule has 0 bridgehead atoms. The molecule has 4 rings (SSSR count). The molecule has 0 spiro atoms. The highest BCUT2D eigenvalue weighted by Crippen LogP contribution is 2.37. The summed E-state index contributed by atoms with van der Waals surface area (Å²) in [4.78, 5) is 11.1. The number of benzene rings is 3. The summed E-state index contributed by atoms with van der Waals surface area (Å²) in [5, 5.41) is 12.5. The van der Waals surface area contributed by atoms with Crippen molar-refractivity contribution in [3.8, 4) is 28.7 Å². The summed E-state index contributed by atoms with van der Waals surface area (Å²) in [5.41, 5.74) is 5.68. The first-order valence-corrected chi connectivity index (χ1v) is 11.4. The standard InChI is InChI=1S/C28H24O3S/c1-3-6-22(15-28(29)30)21-11-9-20(10-12-21)17-31-23-13-14-27-25(16-23)26(18-32-27)24-8-5-4-7-19(24)2/h4-5,7-14,16,18,22H,15,17H2,1-2H3,(H,29,30). The maximum atomic E-state index is 11.1. The van der Waals surface area contributed by atoms with Crippen LogP contribution in [0.3, 0.4) is 0 Å². The van der Waals surface area contributed by atoms with Gasteiger partial charge in [-0.15, -0.1) is 17.3 Å². The second kappa shape index (κ2) is 9.72. The van der Waals surface area contributed by atoms with Crippen molar-refractivity contribution in [1.29, 1.82) is 0 Å². The van der Waals surface area contributed by atoms with Crippen LogP contribution in [0.25, 0.3) is 21.2 Å². The van der Waals surface area contributed by atoms with Crippen LogP contribution >= 0.6 is 11.3 Å². The van der Waals surface area contributed by atoms with Crippen molar-refractivity contribution < 1.29 is 14.6 Å². The van der Waals surface area contributed by atoms with Crippen molar-refractivity contribution in [1.82, 2.24) is 0 Å². The SMILES string of the molecule is CC#CC(CC(=O)O)c1ccc(COc2ccc3scc(-c4ccccc4C)c3c2)cc1. The fourth-order valence-corrected chi connectivity index (χ4v) is 4.74. The maximum absolute atomic E-state index is 11.1. The molecule has 0 aliphatic rings. The Morgan fingerprint density at radius 1 is 1.06 bits per heavy atom. The smallest absolute Gasteiger partial charge is 0.304 e. The molecule has 1 aromatic heterocycles. The zero-order chi connectivity index (χ0) is 22.5. The third kappa shape index (κ3) is 4.85. The molecule has 0 saturated carbocycles. The number of aryl methyl sites for hydroxylation is 1. The minimum absolute atomic E-state index is 0.000559. The lowest BCUT2D eigenvalue weighted by molar-refractivity contribution is -0.137. The van der Waals surface area contributed by atoms with Gasteiger partial charge in [0, 0.05) is 15.6 Å². The molecule has 0 aliphatic carbocycles. The van der Waals surface area contributed by atoms with Crippen molar-refractivity contribution in [2.45, 2.75) is 32.8 Å². The van der Waals surface area contributed by atoms with E-state index in [1.54, 1.807) is 18.3 Å². The van der Waals surface area contributed by atoms with Gasteiger partial charge in [0.15, 0.2) is 0 Å². The molecule has 32 heavy (non-hydrogen) atoms. The number of carboxylic acids is 1. The van der Waals surface area contributed by atoms with E-state index in [-0.39, 0.29) is 12.3 Å². The van der Waals surface area contributed by atoms with Crippen molar-refractivity contribution >= 4 is 27.4 Å². The van der Waals surface area contributed by atoms with E-state index in [1.165, 1.54) is 26.8 Å². The number of rotatable bonds is 7. The summed E-state index contributed by atoms with van der Waals surface area (Å²) in [6.07, 6.45) is 0.000559. The van der Waals surface area contributed by atoms with E-state index in [0.29, 0.717) is 6.61 Å². The Bertz CT molecular complexity index is 1310. The van der Waals surface area contributed by atoms with Crippen molar-refractivity contribution in [2.24, 2.45) is 0 Å². The minimum Gasteiger partial charge on any atom is -0.489 e. The molecule has 0 fully saturated rings. The van der Waals surface area contributed by atoms with Gasteiger partial charge in [0.2, 0.25) is 0 Å². The Balaban J connectivity index is 1.51. The molecule has 0 aliphatic heterocycles. The predicted octanol–water partition coefficient (Wildman–Crippen LogP) is 7.04. The van der Waals surface area contributed by atoms with Gasteiger partial charge >= 0.3 is 5.97 Å². The second-order valence-corrected chi connectivity index (χ2v) is 8.61. The third-order valence-corrected chi connectivity index (χ3v) is 6.43. The monoisotopic (exact) mass is 440 g/mol. The van der Waals surface area contributed by atoms with Gasteiger partial charge in [-0.25, -0.2) is 0 Å². The summed E-state index contributed by atoms with van der Waals surface area (Å²) >= 11 is 1.74. The van der Waals surface area contributed by atoms with Crippen molar-refractivity contribution in [3.05, 3.63) is 88.8 Å². The number of carbonyl (C=O) groups is 1. The fraction of sp³-hybridized carbons (Fsp3) is 0.179. The topological polar surface area (TPSA) is 46.5 Å². The highest BCUT2D eigenvalue weighted by Gasteiger charge is 2.13. The molecule has 0 saturated heterocycles. The predicted molar refractivity (Wildman–Crippen MR) is 131 cm³/mol. The van der Waals surface area contributed by atoms with Gasteiger partial charge in [0.1, 0.15) is 12.4 Å². The maximum Gasteiger partial charge on any atom is 0.304 e. The lowest BCUT2D eigenvalue weighted by Gasteiger charge is -2.11. The number of thiophene rings is 1. The van der Waals surface area contributed by atoms with Gasteiger partial charge < -0.3 is 9.84 Å². The van der Waals surface area contributed by atoms with Crippen LogP contribution in [-0.4, -0.2) is 11.1 Å². The van der Waals surface area contributed by atoms with Gasteiger partial charge in [0.05, 0.1) is 12.3 Å². The molecule has 4 aromatic rings. The van der Waals surface area contributed by atoms with Crippen LogP contribution in [0.4, 0.5) is 0 Å². The van der Waals surface area contributed by atoms with Crippen LogP contribution in [0.1, 0.15) is 36.0 Å². The first-order valence-electron chi connectivity index (χ1n) is 10.5. The zero-order valence-corrected chi connectivity index (χ0v) is 18.9. The van der Waals surface area contributed by atoms with Gasteiger partial charge in [-0.2, -0.15) is 0 Å².